The summed E-state index contributed by atoms with van der Waals surface area (Å²) in [4.78, 5) is 14.2. The van der Waals surface area contributed by atoms with Gasteiger partial charge in [-0.3, -0.25) is 5.32 Å². The number of ether oxygens (including phenoxy) is 1. The Kier molecular flexibility index (Phi) is 5.51. The molecule has 1 unspecified atom stereocenters. The smallest absolute Gasteiger partial charge is 0.330 e. The maximum atomic E-state index is 12.2. The highest BCUT2D eigenvalue weighted by Crippen LogP contribution is 2.25. The lowest BCUT2D eigenvalue weighted by Crippen LogP contribution is -2.49. The molecule has 0 saturated heterocycles. The minimum atomic E-state index is -0.809. The van der Waals surface area contributed by atoms with E-state index in [1.807, 2.05) is 52.2 Å². The third kappa shape index (κ3) is 3.78. The van der Waals surface area contributed by atoms with E-state index in [2.05, 4.69) is 10.2 Å². The summed E-state index contributed by atoms with van der Waals surface area (Å²) < 4.78 is 4.97. The molecule has 0 fully saturated rings. The maximum absolute atomic E-state index is 12.2. The first-order valence-corrected chi connectivity index (χ1v) is 6.46. The van der Waals surface area contributed by atoms with Crippen molar-refractivity contribution in [2.45, 2.75) is 19.4 Å². The molecule has 1 aromatic rings. The Hall–Kier alpha value is -1.39. The Bertz CT molecular complexity index is 432. The van der Waals surface area contributed by atoms with Crippen LogP contribution in [-0.2, 0) is 15.1 Å². The largest absolute Gasteiger partial charge is 0.467 e. The Morgan fingerprint density at radius 1 is 1.37 bits per heavy atom. The average molecular weight is 264 g/mol. The summed E-state index contributed by atoms with van der Waals surface area (Å²) in [6, 6.07) is 7.88. The van der Waals surface area contributed by atoms with Crippen molar-refractivity contribution in [2.75, 3.05) is 34.3 Å². The molecule has 0 amide bonds. The van der Waals surface area contributed by atoms with Crippen molar-refractivity contribution in [3.8, 4) is 0 Å². The van der Waals surface area contributed by atoms with Gasteiger partial charge in [-0.2, -0.15) is 0 Å². The minimum absolute atomic E-state index is 0.263. The first kappa shape index (κ1) is 15.7. The molecule has 0 heterocycles. The Morgan fingerprint density at radius 3 is 2.53 bits per heavy atom. The average Bonchev–Trinajstić information content (AvgIpc) is 2.37. The molecule has 0 aromatic heterocycles. The van der Waals surface area contributed by atoms with E-state index in [9.17, 15) is 4.79 Å². The zero-order valence-corrected chi connectivity index (χ0v) is 12.5. The molecule has 0 aliphatic carbocycles. The molecule has 0 radical (unpaired) electrons. The van der Waals surface area contributed by atoms with Crippen LogP contribution in [0.3, 0.4) is 0 Å². The van der Waals surface area contributed by atoms with Crippen molar-refractivity contribution >= 4 is 5.97 Å². The summed E-state index contributed by atoms with van der Waals surface area (Å²) in [6.07, 6.45) is 0. The van der Waals surface area contributed by atoms with Crippen LogP contribution >= 0.6 is 0 Å². The van der Waals surface area contributed by atoms with Crippen LogP contribution in [0.15, 0.2) is 24.3 Å². The molecule has 1 N–H and O–H groups in total. The second-order valence-corrected chi connectivity index (χ2v) is 5.16. The topological polar surface area (TPSA) is 41.6 Å². The van der Waals surface area contributed by atoms with Gasteiger partial charge in [-0.25, -0.2) is 4.79 Å². The SMILES string of the molecule is COC(=O)C(C)(NCCN(C)C)c1ccccc1C. The van der Waals surface area contributed by atoms with E-state index in [-0.39, 0.29) is 5.97 Å². The van der Waals surface area contributed by atoms with Gasteiger partial charge in [0.2, 0.25) is 0 Å². The molecule has 1 rings (SSSR count). The summed E-state index contributed by atoms with van der Waals surface area (Å²) in [5.41, 5.74) is 1.23. The predicted molar refractivity (Wildman–Crippen MR) is 77.1 cm³/mol. The van der Waals surface area contributed by atoms with Gasteiger partial charge in [0.05, 0.1) is 7.11 Å². The number of aryl methyl sites for hydroxylation is 1. The van der Waals surface area contributed by atoms with Crippen LogP contribution in [-0.4, -0.2) is 45.2 Å². The van der Waals surface area contributed by atoms with E-state index in [0.29, 0.717) is 6.54 Å². The fourth-order valence-electron chi connectivity index (χ4n) is 2.14. The van der Waals surface area contributed by atoms with Crippen LogP contribution < -0.4 is 5.32 Å². The molecule has 1 aromatic carbocycles. The molecular formula is C15H24N2O2. The number of methoxy groups -OCH3 is 1. The van der Waals surface area contributed by atoms with Gasteiger partial charge < -0.3 is 9.64 Å². The number of hydrogen-bond acceptors (Lipinski definition) is 4. The van der Waals surface area contributed by atoms with Gasteiger partial charge in [0, 0.05) is 13.1 Å². The number of carbonyl (C=O) groups excluding carboxylic acids is 1. The first-order chi connectivity index (χ1) is 8.91. The lowest BCUT2D eigenvalue weighted by molar-refractivity contribution is -0.148. The molecular weight excluding hydrogens is 240 g/mol. The summed E-state index contributed by atoms with van der Waals surface area (Å²) >= 11 is 0. The Labute approximate surface area is 115 Å². The van der Waals surface area contributed by atoms with Crippen molar-refractivity contribution in [1.29, 1.82) is 0 Å². The monoisotopic (exact) mass is 264 g/mol. The van der Waals surface area contributed by atoms with Gasteiger partial charge in [0.25, 0.3) is 0 Å². The lowest BCUT2D eigenvalue weighted by Gasteiger charge is -2.30. The summed E-state index contributed by atoms with van der Waals surface area (Å²) in [6.45, 7) is 5.45. The molecule has 0 spiro atoms. The van der Waals surface area contributed by atoms with Gasteiger partial charge >= 0.3 is 5.97 Å². The lowest BCUT2D eigenvalue weighted by atomic mass is 9.88. The molecule has 4 nitrogen and oxygen atoms in total. The van der Waals surface area contributed by atoms with Gasteiger partial charge in [-0.1, -0.05) is 24.3 Å². The number of hydrogen-bond donors (Lipinski definition) is 1. The van der Waals surface area contributed by atoms with Crippen LogP contribution in [0, 0.1) is 6.92 Å². The number of nitrogens with zero attached hydrogens (tertiary/aromatic N) is 1. The summed E-state index contributed by atoms with van der Waals surface area (Å²) in [5.74, 6) is -0.263. The van der Waals surface area contributed by atoms with E-state index in [4.69, 9.17) is 4.74 Å². The molecule has 106 valence electrons. The van der Waals surface area contributed by atoms with Gasteiger partial charge in [-0.15, -0.1) is 0 Å². The standard InChI is InChI=1S/C15H24N2O2/c1-12-8-6-7-9-13(12)15(2,14(18)19-5)16-10-11-17(3)4/h6-9,16H,10-11H2,1-5H3. The minimum Gasteiger partial charge on any atom is -0.467 e. The van der Waals surface area contributed by atoms with E-state index in [0.717, 1.165) is 17.7 Å². The molecule has 0 aliphatic heterocycles. The number of esters is 1. The fourth-order valence-corrected chi connectivity index (χ4v) is 2.14. The highest BCUT2D eigenvalue weighted by atomic mass is 16.5. The van der Waals surface area contributed by atoms with Crippen LogP contribution in [0.5, 0.6) is 0 Å². The first-order valence-electron chi connectivity index (χ1n) is 6.46. The normalized spacial score (nSPS) is 14.2. The zero-order valence-electron chi connectivity index (χ0n) is 12.5. The van der Waals surface area contributed by atoms with Crippen molar-refractivity contribution in [3.05, 3.63) is 35.4 Å². The molecule has 4 heteroatoms. The summed E-state index contributed by atoms with van der Waals surface area (Å²) in [5, 5.41) is 3.32. The van der Waals surface area contributed by atoms with Crippen molar-refractivity contribution in [3.63, 3.8) is 0 Å². The Balaban J connectivity index is 3.00. The molecule has 0 bridgehead atoms. The van der Waals surface area contributed by atoms with E-state index >= 15 is 0 Å². The quantitative estimate of drug-likeness (QED) is 0.791. The van der Waals surface area contributed by atoms with Crippen LogP contribution in [0.1, 0.15) is 18.1 Å². The third-order valence-corrected chi connectivity index (χ3v) is 3.31. The fraction of sp³-hybridized carbons (Fsp3) is 0.533. The molecule has 1 atom stereocenters. The van der Waals surface area contributed by atoms with Gasteiger partial charge in [-0.05, 0) is 39.1 Å². The highest BCUT2D eigenvalue weighted by Gasteiger charge is 2.36. The van der Waals surface area contributed by atoms with E-state index in [1.165, 1.54) is 7.11 Å². The molecule has 19 heavy (non-hydrogen) atoms. The second-order valence-electron chi connectivity index (χ2n) is 5.16. The van der Waals surface area contributed by atoms with E-state index in [1.54, 1.807) is 0 Å². The number of nitrogens with one attached hydrogen (secondary N) is 1. The number of rotatable bonds is 6. The highest BCUT2D eigenvalue weighted by molar-refractivity contribution is 5.82. The van der Waals surface area contributed by atoms with Crippen molar-refractivity contribution < 1.29 is 9.53 Å². The maximum Gasteiger partial charge on any atom is 0.330 e. The van der Waals surface area contributed by atoms with Gasteiger partial charge in [0.1, 0.15) is 5.54 Å². The second kappa shape index (κ2) is 6.68. The predicted octanol–water partition coefficient (Wildman–Crippen LogP) is 1.53. The molecule has 0 aliphatic rings. The van der Waals surface area contributed by atoms with Crippen LogP contribution in [0.25, 0.3) is 0 Å². The van der Waals surface area contributed by atoms with Gasteiger partial charge in [0.15, 0.2) is 0 Å². The zero-order chi connectivity index (χ0) is 14.5. The van der Waals surface area contributed by atoms with E-state index < -0.39 is 5.54 Å². The van der Waals surface area contributed by atoms with Crippen molar-refractivity contribution in [1.82, 2.24) is 10.2 Å². The third-order valence-electron chi connectivity index (χ3n) is 3.31. The van der Waals surface area contributed by atoms with Crippen LogP contribution in [0.4, 0.5) is 0 Å². The number of likely N-dealkylation sites (N-methyl/N-ethyl adjacent to an activating group) is 1. The van der Waals surface area contributed by atoms with Crippen molar-refractivity contribution in [2.24, 2.45) is 0 Å². The summed E-state index contributed by atoms with van der Waals surface area (Å²) in [7, 11) is 5.43. The number of carbonyl (C=O) groups is 1. The molecule has 0 saturated carbocycles. The Morgan fingerprint density at radius 2 is 2.00 bits per heavy atom. The van der Waals surface area contributed by atoms with Crippen LogP contribution in [0.2, 0.25) is 0 Å². The number of benzene rings is 1.